The Labute approximate surface area is 185 Å². The van der Waals surface area contributed by atoms with Gasteiger partial charge in [-0.05, 0) is 42.5 Å². The van der Waals surface area contributed by atoms with Crippen LogP contribution < -0.4 is 10.6 Å². The summed E-state index contributed by atoms with van der Waals surface area (Å²) in [5.74, 6) is -0.933. The van der Waals surface area contributed by atoms with Crippen molar-refractivity contribution in [2.75, 3.05) is 23.5 Å². The number of carbonyl (C=O) groups excluding carboxylic acids is 3. The van der Waals surface area contributed by atoms with Gasteiger partial charge in [0.25, 0.3) is 5.91 Å². The largest absolute Gasteiger partial charge is 0.465 e. The molecule has 0 aliphatic carbocycles. The summed E-state index contributed by atoms with van der Waals surface area (Å²) < 4.78 is 5.16. The number of ether oxygens (including phenoxy) is 1. The van der Waals surface area contributed by atoms with E-state index in [1.807, 2.05) is 0 Å². The highest BCUT2D eigenvalue weighted by atomic mass is 35.5. The fourth-order valence-corrected chi connectivity index (χ4v) is 3.99. The third-order valence-corrected chi connectivity index (χ3v) is 5.84. The van der Waals surface area contributed by atoms with Crippen LogP contribution in [-0.2, 0) is 9.53 Å². The van der Waals surface area contributed by atoms with Crippen molar-refractivity contribution in [3.63, 3.8) is 0 Å². The summed E-state index contributed by atoms with van der Waals surface area (Å²) in [4.78, 5) is 35.7. The van der Waals surface area contributed by atoms with Crippen molar-refractivity contribution < 1.29 is 19.1 Å². The first-order chi connectivity index (χ1) is 14.4. The van der Waals surface area contributed by atoms with Crippen LogP contribution in [0.1, 0.15) is 20.7 Å². The van der Waals surface area contributed by atoms with E-state index in [4.69, 9.17) is 11.6 Å². The topological polar surface area (TPSA) is 110 Å². The fraction of sp³-hybridized carbons (Fsp3) is 0.105. The third kappa shape index (κ3) is 6.02. The summed E-state index contributed by atoms with van der Waals surface area (Å²) in [6.45, 7) is 0. The summed E-state index contributed by atoms with van der Waals surface area (Å²) >= 11 is 8.24. The van der Waals surface area contributed by atoms with Gasteiger partial charge in [-0.15, -0.1) is 10.2 Å². The lowest BCUT2D eigenvalue weighted by molar-refractivity contribution is -0.113. The van der Waals surface area contributed by atoms with Gasteiger partial charge in [0, 0.05) is 16.3 Å². The maximum Gasteiger partial charge on any atom is 0.337 e. The minimum atomic E-state index is -0.446. The number of aromatic nitrogens is 2. The van der Waals surface area contributed by atoms with Gasteiger partial charge in [-0.25, -0.2) is 4.79 Å². The number of rotatable bonds is 7. The van der Waals surface area contributed by atoms with Crippen molar-refractivity contribution in [2.45, 2.75) is 4.34 Å². The summed E-state index contributed by atoms with van der Waals surface area (Å²) in [5, 5.41) is 14.0. The van der Waals surface area contributed by atoms with Crippen molar-refractivity contribution in [2.24, 2.45) is 0 Å². The van der Waals surface area contributed by atoms with Crippen LogP contribution in [0.5, 0.6) is 0 Å². The van der Waals surface area contributed by atoms with Crippen molar-refractivity contribution >= 4 is 63.3 Å². The van der Waals surface area contributed by atoms with Crippen molar-refractivity contribution in [3.8, 4) is 0 Å². The van der Waals surface area contributed by atoms with E-state index in [2.05, 4.69) is 25.6 Å². The van der Waals surface area contributed by atoms with E-state index < -0.39 is 5.97 Å². The molecule has 154 valence electrons. The zero-order valence-electron chi connectivity index (χ0n) is 15.5. The quantitative estimate of drug-likeness (QED) is 0.310. The third-order valence-electron chi connectivity index (χ3n) is 3.63. The number of hydrogen-bond acceptors (Lipinski definition) is 8. The highest BCUT2D eigenvalue weighted by Gasteiger charge is 2.12. The van der Waals surface area contributed by atoms with Crippen LogP contribution in [0.4, 0.5) is 10.8 Å². The Kier molecular flexibility index (Phi) is 7.39. The van der Waals surface area contributed by atoms with Gasteiger partial charge < -0.3 is 10.1 Å². The molecule has 1 heterocycles. The molecule has 1 aromatic heterocycles. The number of anilines is 2. The number of nitrogens with zero attached hydrogens (tertiary/aromatic N) is 2. The molecule has 0 radical (unpaired) electrons. The number of carbonyl (C=O) groups is 3. The van der Waals surface area contributed by atoms with Crippen LogP contribution in [0.2, 0.25) is 5.02 Å². The van der Waals surface area contributed by atoms with Gasteiger partial charge >= 0.3 is 5.97 Å². The average Bonchev–Trinajstić information content (AvgIpc) is 3.19. The van der Waals surface area contributed by atoms with Crippen LogP contribution in [0.25, 0.3) is 0 Å². The molecule has 2 N–H and O–H groups in total. The molecule has 0 aliphatic heterocycles. The van der Waals surface area contributed by atoms with Crippen LogP contribution in [0, 0.1) is 0 Å². The van der Waals surface area contributed by atoms with Gasteiger partial charge in [0.05, 0.1) is 18.4 Å². The fourth-order valence-electron chi connectivity index (χ4n) is 2.25. The standard InChI is InChI=1S/C19H15ClN4O4S2/c1-28-17(27)11-5-7-14(8-6-11)21-15(25)10-29-19-24-23-18(30-19)22-16(26)12-3-2-4-13(20)9-12/h2-9H,10H2,1H3,(H,21,25)(H,22,23,26). The van der Waals surface area contributed by atoms with Crippen molar-refractivity contribution in [3.05, 3.63) is 64.7 Å². The molecule has 3 rings (SSSR count). The van der Waals surface area contributed by atoms with E-state index >= 15 is 0 Å². The Bertz CT molecular complexity index is 1070. The molecular weight excluding hydrogens is 448 g/mol. The highest BCUT2D eigenvalue weighted by molar-refractivity contribution is 8.01. The van der Waals surface area contributed by atoms with E-state index in [0.717, 1.165) is 11.3 Å². The molecule has 0 unspecified atom stereocenters. The van der Waals surface area contributed by atoms with Gasteiger partial charge in [-0.1, -0.05) is 40.8 Å². The molecule has 0 fully saturated rings. The molecule has 2 amide bonds. The van der Waals surface area contributed by atoms with E-state index in [9.17, 15) is 14.4 Å². The number of methoxy groups -OCH3 is 1. The van der Waals surface area contributed by atoms with Crippen LogP contribution in [0.15, 0.2) is 52.9 Å². The Balaban J connectivity index is 1.49. The number of nitrogens with one attached hydrogen (secondary N) is 2. The predicted molar refractivity (Wildman–Crippen MR) is 116 cm³/mol. The summed E-state index contributed by atoms with van der Waals surface area (Å²) in [6.07, 6.45) is 0. The zero-order chi connectivity index (χ0) is 21.5. The van der Waals surface area contributed by atoms with Crippen LogP contribution in [0.3, 0.4) is 0 Å². The molecule has 0 spiro atoms. The first kappa shape index (κ1) is 21.8. The zero-order valence-corrected chi connectivity index (χ0v) is 17.9. The van der Waals surface area contributed by atoms with E-state index in [0.29, 0.717) is 31.3 Å². The number of hydrogen-bond donors (Lipinski definition) is 2. The second kappa shape index (κ2) is 10.2. The summed E-state index contributed by atoms with van der Waals surface area (Å²) in [6, 6.07) is 12.9. The van der Waals surface area contributed by atoms with Crippen LogP contribution >= 0.6 is 34.7 Å². The lowest BCUT2D eigenvalue weighted by atomic mass is 10.2. The normalized spacial score (nSPS) is 10.3. The Hall–Kier alpha value is -2.95. The Morgan fingerprint density at radius 3 is 2.53 bits per heavy atom. The molecule has 11 heteroatoms. The van der Waals surface area contributed by atoms with Gasteiger partial charge in [-0.2, -0.15) is 0 Å². The Morgan fingerprint density at radius 1 is 1.07 bits per heavy atom. The molecule has 8 nitrogen and oxygen atoms in total. The molecule has 0 saturated carbocycles. The molecule has 30 heavy (non-hydrogen) atoms. The van der Waals surface area contributed by atoms with Crippen molar-refractivity contribution in [1.29, 1.82) is 0 Å². The number of amides is 2. The average molecular weight is 463 g/mol. The summed E-state index contributed by atoms with van der Waals surface area (Å²) in [5.41, 5.74) is 1.36. The maximum atomic E-state index is 12.2. The smallest absolute Gasteiger partial charge is 0.337 e. The molecule has 3 aromatic rings. The number of halogens is 1. The summed E-state index contributed by atoms with van der Waals surface area (Å²) in [7, 11) is 1.30. The molecule has 0 atom stereocenters. The van der Waals surface area contributed by atoms with Crippen LogP contribution in [-0.4, -0.2) is 40.8 Å². The number of esters is 1. The van der Waals surface area contributed by atoms with E-state index in [1.54, 1.807) is 48.5 Å². The predicted octanol–water partition coefficient (Wildman–Crippen LogP) is 3.96. The molecule has 2 aromatic carbocycles. The maximum absolute atomic E-state index is 12.2. The van der Waals surface area contributed by atoms with E-state index in [-0.39, 0.29) is 17.6 Å². The SMILES string of the molecule is COC(=O)c1ccc(NC(=O)CSc2nnc(NC(=O)c3cccc(Cl)c3)s2)cc1. The highest BCUT2D eigenvalue weighted by Crippen LogP contribution is 2.26. The monoisotopic (exact) mass is 462 g/mol. The Morgan fingerprint density at radius 2 is 1.83 bits per heavy atom. The van der Waals surface area contributed by atoms with Gasteiger partial charge in [0.15, 0.2) is 4.34 Å². The molecule has 0 aliphatic rings. The lowest BCUT2D eigenvalue weighted by Gasteiger charge is -2.05. The molecule has 0 bridgehead atoms. The van der Waals surface area contributed by atoms with Gasteiger partial charge in [0.2, 0.25) is 11.0 Å². The van der Waals surface area contributed by atoms with Gasteiger partial charge in [0.1, 0.15) is 0 Å². The first-order valence-electron chi connectivity index (χ1n) is 8.46. The minimum absolute atomic E-state index is 0.107. The number of benzene rings is 2. The van der Waals surface area contributed by atoms with Gasteiger partial charge in [-0.3, -0.25) is 14.9 Å². The molecule has 0 saturated heterocycles. The lowest BCUT2D eigenvalue weighted by Crippen LogP contribution is -2.14. The minimum Gasteiger partial charge on any atom is -0.465 e. The van der Waals surface area contributed by atoms with E-state index in [1.165, 1.54) is 18.9 Å². The second-order valence-corrected chi connectivity index (χ2v) is 8.38. The number of thioether (sulfide) groups is 1. The molecular formula is C19H15ClN4O4S2. The second-order valence-electron chi connectivity index (χ2n) is 5.74. The van der Waals surface area contributed by atoms with Crippen molar-refractivity contribution in [1.82, 2.24) is 10.2 Å². The first-order valence-corrected chi connectivity index (χ1v) is 10.6.